The number of amides is 1. The lowest BCUT2D eigenvalue weighted by molar-refractivity contribution is -0.113. The molecule has 2 heterocycles. The number of pyridine rings is 1. The van der Waals surface area contributed by atoms with E-state index in [-0.39, 0.29) is 11.7 Å². The molecule has 6 nitrogen and oxygen atoms in total. The molecule has 1 N–H and O–H groups in total. The Morgan fingerprint density at radius 2 is 1.62 bits per heavy atom. The first-order valence-corrected chi connectivity index (χ1v) is 11.1. The number of hydrogen-bond donors (Lipinski definition) is 1. The Morgan fingerprint density at radius 1 is 0.844 bits per heavy atom. The first-order valence-electron chi connectivity index (χ1n) is 10.1. The van der Waals surface area contributed by atoms with Crippen molar-refractivity contribution in [3.63, 3.8) is 0 Å². The van der Waals surface area contributed by atoms with E-state index in [2.05, 4.69) is 20.5 Å². The Bertz CT molecular complexity index is 1360. The van der Waals surface area contributed by atoms with E-state index >= 15 is 0 Å². The van der Waals surface area contributed by atoms with Crippen LogP contribution in [0.3, 0.4) is 0 Å². The van der Waals surface area contributed by atoms with Crippen LogP contribution < -0.4 is 5.32 Å². The molecule has 0 spiro atoms. The Kier molecular flexibility index (Phi) is 5.63. The quantitative estimate of drug-likeness (QED) is 0.369. The molecule has 32 heavy (non-hydrogen) atoms. The second-order valence-electron chi connectivity index (χ2n) is 7.06. The molecule has 1 amide bonds. The Morgan fingerprint density at radius 3 is 2.47 bits per heavy atom. The molecule has 0 radical (unpaired) electrons. The highest BCUT2D eigenvalue weighted by molar-refractivity contribution is 7.99. The van der Waals surface area contributed by atoms with Crippen LogP contribution in [-0.4, -0.2) is 31.4 Å². The highest BCUT2D eigenvalue weighted by Crippen LogP contribution is 2.28. The SMILES string of the molecule is O=C(CSc1nnc(-c2ccccn2)n1-c1ccccc1)Nc1cccc2ccccc12. The monoisotopic (exact) mass is 437 g/mol. The summed E-state index contributed by atoms with van der Waals surface area (Å²) in [6.07, 6.45) is 1.73. The van der Waals surface area contributed by atoms with E-state index in [0.717, 1.165) is 27.8 Å². The third-order valence-electron chi connectivity index (χ3n) is 4.94. The van der Waals surface area contributed by atoms with Crippen molar-refractivity contribution in [1.82, 2.24) is 19.7 Å². The lowest BCUT2D eigenvalue weighted by atomic mass is 10.1. The van der Waals surface area contributed by atoms with Gasteiger partial charge in [-0.25, -0.2) is 0 Å². The Hall–Kier alpha value is -3.97. The molecule has 0 aliphatic carbocycles. The maximum absolute atomic E-state index is 12.8. The van der Waals surface area contributed by atoms with Gasteiger partial charge in [0.2, 0.25) is 5.91 Å². The lowest BCUT2D eigenvalue weighted by Crippen LogP contribution is -2.14. The van der Waals surface area contributed by atoms with Crippen LogP contribution >= 0.6 is 11.8 Å². The fourth-order valence-corrected chi connectivity index (χ4v) is 4.24. The highest BCUT2D eigenvalue weighted by atomic mass is 32.2. The van der Waals surface area contributed by atoms with Crippen LogP contribution in [0.25, 0.3) is 28.0 Å². The maximum Gasteiger partial charge on any atom is 0.234 e. The minimum Gasteiger partial charge on any atom is -0.325 e. The van der Waals surface area contributed by atoms with Gasteiger partial charge in [0.1, 0.15) is 5.69 Å². The fraction of sp³-hybridized carbons (Fsp3) is 0.0400. The molecule has 0 aliphatic heterocycles. The summed E-state index contributed by atoms with van der Waals surface area (Å²) in [6.45, 7) is 0. The Balaban J connectivity index is 1.40. The van der Waals surface area contributed by atoms with Crippen LogP contribution in [0.1, 0.15) is 0 Å². The first kappa shape index (κ1) is 20.0. The van der Waals surface area contributed by atoms with Crippen molar-refractivity contribution in [1.29, 1.82) is 0 Å². The van der Waals surface area contributed by atoms with Crippen molar-refractivity contribution in [3.05, 3.63) is 97.2 Å². The van der Waals surface area contributed by atoms with Crippen molar-refractivity contribution in [2.45, 2.75) is 5.16 Å². The smallest absolute Gasteiger partial charge is 0.234 e. The summed E-state index contributed by atoms with van der Waals surface area (Å²) in [7, 11) is 0. The van der Waals surface area contributed by atoms with Crippen molar-refractivity contribution in [2.75, 3.05) is 11.1 Å². The summed E-state index contributed by atoms with van der Waals surface area (Å²) in [4.78, 5) is 17.2. The van der Waals surface area contributed by atoms with E-state index in [4.69, 9.17) is 0 Å². The third kappa shape index (κ3) is 4.10. The van der Waals surface area contributed by atoms with E-state index in [9.17, 15) is 4.79 Å². The standard InChI is InChI=1S/C25H19N5OS/c31-23(27-21-15-8-10-18-9-4-5-13-20(18)21)17-32-25-29-28-24(22-14-6-7-16-26-22)30(25)19-11-2-1-3-12-19/h1-16H,17H2,(H,27,31). The summed E-state index contributed by atoms with van der Waals surface area (Å²) in [5.41, 5.74) is 2.43. The minimum atomic E-state index is -0.103. The van der Waals surface area contributed by atoms with E-state index < -0.39 is 0 Å². The number of fused-ring (bicyclic) bond motifs is 1. The number of carbonyl (C=O) groups is 1. The number of para-hydroxylation sites is 1. The molecule has 0 atom stereocenters. The topological polar surface area (TPSA) is 72.7 Å². The maximum atomic E-state index is 12.8. The molecule has 5 rings (SSSR count). The number of anilines is 1. The number of benzene rings is 3. The van der Waals surface area contributed by atoms with Crippen LogP contribution in [0.15, 0.2) is 102 Å². The van der Waals surface area contributed by atoms with Gasteiger partial charge in [-0.05, 0) is 35.7 Å². The molecule has 0 fully saturated rings. The largest absolute Gasteiger partial charge is 0.325 e. The number of aromatic nitrogens is 4. The molecule has 3 aromatic carbocycles. The van der Waals surface area contributed by atoms with Crippen molar-refractivity contribution in [2.24, 2.45) is 0 Å². The van der Waals surface area contributed by atoms with Gasteiger partial charge >= 0.3 is 0 Å². The average molecular weight is 438 g/mol. The van der Waals surface area contributed by atoms with Crippen molar-refractivity contribution in [3.8, 4) is 17.2 Å². The summed E-state index contributed by atoms with van der Waals surface area (Å²) < 4.78 is 1.93. The summed E-state index contributed by atoms with van der Waals surface area (Å²) >= 11 is 1.34. The zero-order valence-electron chi connectivity index (χ0n) is 17.1. The number of nitrogens with one attached hydrogen (secondary N) is 1. The van der Waals surface area contributed by atoms with E-state index in [1.807, 2.05) is 95.6 Å². The molecule has 0 saturated heterocycles. The van der Waals surface area contributed by atoms with Gasteiger partial charge in [-0.15, -0.1) is 10.2 Å². The zero-order chi connectivity index (χ0) is 21.8. The van der Waals surface area contributed by atoms with Crippen LogP contribution in [0.5, 0.6) is 0 Å². The van der Waals surface area contributed by atoms with Gasteiger partial charge in [-0.1, -0.05) is 72.4 Å². The molecular weight excluding hydrogens is 418 g/mol. The van der Waals surface area contributed by atoms with E-state index in [1.165, 1.54) is 11.8 Å². The van der Waals surface area contributed by atoms with Crippen molar-refractivity contribution < 1.29 is 4.79 Å². The summed E-state index contributed by atoms with van der Waals surface area (Å²) in [6, 6.07) is 29.4. The summed E-state index contributed by atoms with van der Waals surface area (Å²) in [5, 5.41) is 14.5. The molecular formula is C25H19N5OS. The predicted octanol–water partition coefficient (Wildman–Crippen LogP) is 5.21. The van der Waals surface area contributed by atoms with Crippen LogP contribution in [-0.2, 0) is 4.79 Å². The molecule has 0 bridgehead atoms. The second kappa shape index (κ2) is 9.03. The third-order valence-corrected chi connectivity index (χ3v) is 5.87. The zero-order valence-corrected chi connectivity index (χ0v) is 17.9. The second-order valence-corrected chi connectivity index (χ2v) is 8.00. The molecule has 0 saturated carbocycles. The predicted molar refractivity (Wildman–Crippen MR) is 128 cm³/mol. The number of nitrogens with zero attached hydrogens (tertiary/aromatic N) is 4. The van der Waals surface area contributed by atoms with Gasteiger partial charge < -0.3 is 5.32 Å². The van der Waals surface area contributed by atoms with Crippen LogP contribution in [0.4, 0.5) is 5.69 Å². The van der Waals surface area contributed by atoms with Crippen LogP contribution in [0.2, 0.25) is 0 Å². The molecule has 156 valence electrons. The van der Waals surface area contributed by atoms with Gasteiger partial charge in [0.25, 0.3) is 0 Å². The van der Waals surface area contributed by atoms with Gasteiger partial charge in [0.15, 0.2) is 11.0 Å². The number of rotatable bonds is 6. The molecule has 0 unspecified atom stereocenters. The van der Waals surface area contributed by atoms with E-state index in [1.54, 1.807) is 6.20 Å². The van der Waals surface area contributed by atoms with E-state index in [0.29, 0.717) is 11.0 Å². The first-order chi connectivity index (χ1) is 15.8. The highest BCUT2D eigenvalue weighted by Gasteiger charge is 2.18. The van der Waals surface area contributed by atoms with Gasteiger partial charge in [0.05, 0.1) is 5.75 Å². The van der Waals surface area contributed by atoms with Gasteiger partial charge in [0, 0.05) is 23.0 Å². The van der Waals surface area contributed by atoms with Crippen LogP contribution in [0, 0.1) is 0 Å². The lowest BCUT2D eigenvalue weighted by Gasteiger charge is -2.11. The molecule has 0 aliphatic rings. The molecule has 5 aromatic rings. The van der Waals surface area contributed by atoms with Crippen molar-refractivity contribution >= 4 is 34.1 Å². The van der Waals surface area contributed by atoms with Gasteiger partial charge in [-0.3, -0.25) is 14.3 Å². The molecule has 7 heteroatoms. The summed E-state index contributed by atoms with van der Waals surface area (Å²) in [5.74, 6) is 0.735. The number of carbonyl (C=O) groups excluding carboxylic acids is 1. The average Bonchev–Trinajstić information content (AvgIpc) is 3.28. The minimum absolute atomic E-state index is 0.103. The number of hydrogen-bond acceptors (Lipinski definition) is 5. The molecule has 2 aromatic heterocycles. The normalized spacial score (nSPS) is 10.9. The Labute approximate surface area is 189 Å². The number of thioether (sulfide) groups is 1. The fourth-order valence-electron chi connectivity index (χ4n) is 3.48. The van der Waals surface area contributed by atoms with Gasteiger partial charge in [-0.2, -0.15) is 0 Å².